The number of carbonyl (C=O) groups is 1. The summed E-state index contributed by atoms with van der Waals surface area (Å²) in [4.78, 5) is 13.8. The summed E-state index contributed by atoms with van der Waals surface area (Å²) in [5, 5.41) is 0. The Labute approximate surface area is 103 Å². The number of hydrogen-bond acceptors (Lipinski definition) is 3. The molecular weight excluding hydrogens is 280 g/mol. The molecule has 3 nitrogen and oxygen atoms in total. The highest BCUT2D eigenvalue weighted by atomic mass is 19.4. The van der Waals surface area contributed by atoms with Crippen molar-refractivity contribution in [3.05, 3.63) is 28.8 Å². The largest absolute Gasteiger partial charge is 0.469 e. The number of pyridine rings is 1. The quantitative estimate of drug-likeness (QED) is 0.634. The van der Waals surface area contributed by atoms with Crippen LogP contribution in [0.4, 0.5) is 26.3 Å². The number of alkyl halides is 5. The van der Waals surface area contributed by atoms with Gasteiger partial charge in [0.05, 0.1) is 24.8 Å². The molecule has 0 atom stereocenters. The Bertz CT molecular complexity index is 486. The topological polar surface area (TPSA) is 39.2 Å². The van der Waals surface area contributed by atoms with Crippen LogP contribution in [0.3, 0.4) is 0 Å². The van der Waals surface area contributed by atoms with Gasteiger partial charge in [-0.15, -0.1) is 0 Å². The highest BCUT2D eigenvalue weighted by molar-refractivity contribution is 5.72. The van der Waals surface area contributed by atoms with Crippen LogP contribution in [0, 0.1) is 5.82 Å². The summed E-state index contributed by atoms with van der Waals surface area (Å²) >= 11 is 0. The van der Waals surface area contributed by atoms with Crippen LogP contribution in [-0.4, -0.2) is 18.1 Å². The minimum atomic E-state index is -5.02. The second kappa shape index (κ2) is 5.45. The lowest BCUT2D eigenvalue weighted by molar-refractivity contribution is -0.142. The van der Waals surface area contributed by atoms with E-state index in [2.05, 4.69) is 9.72 Å². The van der Waals surface area contributed by atoms with Crippen LogP contribution >= 0.6 is 0 Å². The number of methoxy groups -OCH3 is 1. The Morgan fingerprint density at radius 2 is 2.00 bits per heavy atom. The lowest BCUT2D eigenvalue weighted by Gasteiger charge is -2.13. The number of rotatable bonds is 3. The molecule has 9 heteroatoms. The van der Waals surface area contributed by atoms with Crippen LogP contribution in [0.2, 0.25) is 0 Å². The number of carbonyl (C=O) groups excluding carboxylic acids is 1. The van der Waals surface area contributed by atoms with E-state index in [1.165, 1.54) is 0 Å². The van der Waals surface area contributed by atoms with Crippen molar-refractivity contribution in [1.82, 2.24) is 4.98 Å². The second-order valence-electron chi connectivity index (χ2n) is 3.40. The Balaban J connectivity index is 3.37. The molecule has 1 rings (SSSR count). The zero-order valence-electron chi connectivity index (χ0n) is 9.39. The first kappa shape index (κ1) is 15.3. The van der Waals surface area contributed by atoms with E-state index in [1.54, 1.807) is 0 Å². The minimum absolute atomic E-state index is 0.104. The van der Waals surface area contributed by atoms with Gasteiger partial charge in [0.2, 0.25) is 0 Å². The van der Waals surface area contributed by atoms with Gasteiger partial charge in [0.25, 0.3) is 6.43 Å². The van der Waals surface area contributed by atoms with Crippen molar-refractivity contribution >= 4 is 5.97 Å². The molecule has 0 aromatic carbocycles. The molecule has 0 fully saturated rings. The summed E-state index contributed by atoms with van der Waals surface area (Å²) in [5.74, 6) is -2.89. The zero-order valence-corrected chi connectivity index (χ0v) is 9.39. The standard InChI is InChI=1S/C10H7F6NO2/c1-19-7(18)3-6-4(10(14,15)16)2-5(11)8(17-6)9(12)13/h2,9H,3H2,1H3. The number of halogens is 6. The summed E-state index contributed by atoms with van der Waals surface area (Å²) in [7, 11) is 0.910. The maximum atomic E-state index is 13.1. The monoisotopic (exact) mass is 287 g/mol. The van der Waals surface area contributed by atoms with E-state index in [-0.39, 0.29) is 6.07 Å². The molecule has 1 aromatic heterocycles. The maximum Gasteiger partial charge on any atom is 0.418 e. The molecule has 0 saturated heterocycles. The molecule has 19 heavy (non-hydrogen) atoms. The van der Waals surface area contributed by atoms with Crippen molar-refractivity contribution in [2.45, 2.75) is 19.0 Å². The van der Waals surface area contributed by atoms with Gasteiger partial charge in [-0.3, -0.25) is 4.79 Å². The molecule has 0 N–H and O–H groups in total. The number of hydrogen-bond donors (Lipinski definition) is 0. The van der Waals surface area contributed by atoms with Crippen LogP contribution in [-0.2, 0) is 22.1 Å². The van der Waals surface area contributed by atoms with Gasteiger partial charge < -0.3 is 4.74 Å². The number of nitrogens with zero attached hydrogens (tertiary/aromatic N) is 1. The van der Waals surface area contributed by atoms with Gasteiger partial charge in [0.1, 0.15) is 5.69 Å². The molecular formula is C10H7F6NO2. The number of ether oxygens (including phenoxy) is 1. The van der Waals surface area contributed by atoms with Gasteiger partial charge in [-0.05, 0) is 6.07 Å². The zero-order chi connectivity index (χ0) is 14.8. The highest BCUT2D eigenvalue weighted by Gasteiger charge is 2.36. The summed E-state index contributed by atoms with van der Waals surface area (Å²) in [5.41, 5.74) is -4.03. The molecule has 1 aromatic rings. The van der Waals surface area contributed by atoms with Crippen LogP contribution in [0.1, 0.15) is 23.4 Å². The average Bonchev–Trinajstić information content (AvgIpc) is 2.28. The molecule has 0 aliphatic carbocycles. The van der Waals surface area contributed by atoms with E-state index in [4.69, 9.17) is 0 Å². The van der Waals surface area contributed by atoms with Gasteiger partial charge in [-0.2, -0.15) is 13.2 Å². The fourth-order valence-corrected chi connectivity index (χ4v) is 1.29. The first-order chi connectivity index (χ1) is 8.66. The van der Waals surface area contributed by atoms with Crippen molar-refractivity contribution in [2.24, 2.45) is 0 Å². The lowest BCUT2D eigenvalue weighted by Crippen LogP contribution is -2.17. The van der Waals surface area contributed by atoms with Gasteiger partial charge >= 0.3 is 12.1 Å². The highest BCUT2D eigenvalue weighted by Crippen LogP contribution is 2.34. The maximum absolute atomic E-state index is 13.1. The smallest absolute Gasteiger partial charge is 0.418 e. The number of esters is 1. The van der Waals surface area contributed by atoms with E-state index in [9.17, 15) is 31.1 Å². The fourth-order valence-electron chi connectivity index (χ4n) is 1.29. The summed E-state index contributed by atoms with van der Waals surface area (Å²) < 4.78 is 79.6. The Hall–Kier alpha value is -1.80. The molecule has 0 aliphatic rings. The Morgan fingerprint density at radius 1 is 1.42 bits per heavy atom. The third-order valence-electron chi connectivity index (χ3n) is 2.13. The minimum Gasteiger partial charge on any atom is -0.469 e. The van der Waals surface area contributed by atoms with E-state index in [0.717, 1.165) is 7.11 Å². The van der Waals surface area contributed by atoms with Crippen molar-refractivity contribution in [3.63, 3.8) is 0 Å². The van der Waals surface area contributed by atoms with Crippen molar-refractivity contribution in [1.29, 1.82) is 0 Å². The molecule has 0 bridgehead atoms. The first-order valence-electron chi connectivity index (χ1n) is 4.78. The molecule has 1 heterocycles. The van der Waals surface area contributed by atoms with Crippen LogP contribution < -0.4 is 0 Å². The van der Waals surface area contributed by atoms with Crippen molar-refractivity contribution in [3.8, 4) is 0 Å². The number of aromatic nitrogens is 1. The van der Waals surface area contributed by atoms with Crippen LogP contribution in [0.5, 0.6) is 0 Å². The van der Waals surface area contributed by atoms with Gasteiger partial charge in [-0.25, -0.2) is 18.2 Å². The fraction of sp³-hybridized carbons (Fsp3) is 0.400. The molecule has 106 valence electrons. The molecule has 0 unspecified atom stereocenters. The molecule has 0 saturated carbocycles. The Morgan fingerprint density at radius 3 is 2.42 bits per heavy atom. The molecule has 0 spiro atoms. The average molecular weight is 287 g/mol. The van der Waals surface area contributed by atoms with Crippen LogP contribution in [0.25, 0.3) is 0 Å². The summed E-state index contributed by atoms with van der Waals surface area (Å²) in [6, 6.07) is -0.104. The van der Waals surface area contributed by atoms with E-state index in [1.807, 2.05) is 0 Å². The molecule has 0 amide bonds. The third-order valence-corrected chi connectivity index (χ3v) is 2.13. The summed E-state index contributed by atoms with van der Waals surface area (Å²) in [6.07, 6.45) is -9.39. The third kappa shape index (κ3) is 3.58. The van der Waals surface area contributed by atoms with Crippen LogP contribution in [0.15, 0.2) is 6.07 Å². The second-order valence-corrected chi connectivity index (χ2v) is 3.40. The Kier molecular flexibility index (Phi) is 4.38. The van der Waals surface area contributed by atoms with E-state index >= 15 is 0 Å². The first-order valence-corrected chi connectivity index (χ1v) is 4.78. The van der Waals surface area contributed by atoms with Gasteiger partial charge in [0, 0.05) is 0 Å². The SMILES string of the molecule is COC(=O)Cc1nc(C(F)F)c(F)cc1C(F)(F)F. The summed E-state index contributed by atoms with van der Waals surface area (Å²) in [6.45, 7) is 0. The molecule has 0 radical (unpaired) electrons. The lowest BCUT2D eigenvalue weighted by atomic mass is 10.1. The van der Waals surface area contributed by atoms with Crippen molar-refractivity contribution in [2.75, 3.05) is 7.11 Å². The normalized spacial score (nSPS) is 11.8. The predicted octanol–water partition coefficient (Wildman–Crippen LogP) is 2.89. The van der Waals surface area contributed by atoms with Gasteiger partial charge in [-0.1, -0.05) is 0 Å². The predicted molar refractivity (Wildman–Crippen MR) is 49.9 cm³/mol. The van der Waals surface area contributed by atoms with E-state index < -0.39 is 47.8 Å². The van der Waals surface area contributed by atoms with Gasteiger partial charge in [0.15, 0.2) is 5.82 Å². The molecule has 0 aliphatic heterocycles. The van der Waals surface area contributed by atoms with E-state index in [0.29, 0.717) is 0 Å². The van der Waals surface area contributed by atoms with Crippen molar-refractivity contribution < 1.29 is 35.9 Å².